The van der Waals surface area contributed by atoms with Crippen LogP contribution in [-0.2, 0) is 16.1 Å². The second-order valence-corrected chi connectivity index (χ2v) is 12.2. The van der Waals surface area contributed by atoms with Crippen LogP contribution >= 0.6 is 11.8 Å². The number of nitrogens with zero attached hydrogens (tertiary/aromatic N) is 1. The molecule has 1 saturated heterocycles. The number of hydrogen-bond donors (Lipinski definition) is 0. The second kappa shape index (κ2) is 9.35. The molecular weight excluding hydrogens is 486 g/mol. The Hall–Kier alpha value is -3.06. The van der Waals surface area contributed by atoms with Crippen LogP contribution in [0.3, 0.4) is 0 Å². The third-order valence-corrected chi connectivity index (χ3v) is 9.40. The van der Waals surface area contributed by atoms with Crippen LogP contribution in [-0.4, -0.2) is 29.1 Å². The van der Waals surface area contributed by atoms with Crippen LogP contribution in [0.4, 0.5) is 4.79 Å². The van der Waals surface area contributed by atoms with Crippen LogP contribution in [0.2, 0.25) is 0 Å². The number of carbonyl (C=O) groups is 3. The van der Waals surface area contributed by atoms with Crippen LogP contribution < -0.4 is 9.47 Å². The smallest absolute Gasteiger partial charge is 0.317 e. The van der Waals surface area contributed by atoms with Gasteiger partial charge in [0.1, 0.15) is 0 Å². The molecule has 4 saturated carbocycles. The molecule has 0 aromatic heterocycles. The average molecular weight is 518 g/mol. The van der Waals surface area contributed by atoms with Crippen LogP contribution in [0.5, 0.6) is 11.5 Å². The van der Waals surface area contributed by atoms with E-state index in [2.05, 4.69) is 0 Å². The van der Waals surface area contributed by atoms with Crippen LogP contribution in [0.15, 0.2) is 47.4 Å². The summed E-state index contributed by atoms with van der Waals surface area (Å²) >= 11 is 0.932. The summed E-state index contributed by atoms with van der Waals surface area (Å²) in [6.07, 6.45) is 8.31. The number of carbonyl (C=O) groups excluding carboxylic acids is 3. The van der Waals surface area contributed by atoms with Gasteiger partial charge in [-0.1, -0.05) is 35.9 Å². The van der Waals surface area contributed by atoms with E-state index < -0.39 is 0 Å². The van der Waals surface area contributed by atoms with E-state index in [1.807, 2.05) is 31.2 Å². The van der Waals surface area contributed by atoms with E-state index >= 15 is 0 Å². The number of aryl methyl sites for hydroxylation is 1. The van der Waals surface area contributed by atoms with E-state index in [-0.39, 0.29) is 29.1 Å². The Morgan fingerprint density at radius 1 is 1.00 bits per heavy atom. The zero-order chi connectivity index (χ0) is 25.7. The van der Waals surface area contributed by atoms with Crippen LogP contribution in [0.1, 0.15) is 55.2 Å². The first-order valence-corrected chi connectivity index (χ1v) is 13.8. The zero-order valence-electron chi connectivity index (χ0n) is 21.2. The lowest BCUT2D eigenvalue weighted by Crippen LogP contribution is -2.51. The van der Waals surface area contributed by atoms with Crippen molar-refractivity contribution in [3.8, 4) is 11.5 Å². The SMILES string of the molecule is COc1cc(/C=C2\SC(=O)N(Cc3ccc(C)cc3)C2=O)ccc1OC(=O)C12CC3CC(CC(C3)C1)C2. The minimum absolute atomic E-state index is 0.130. The number of benzene rings is 2. The van der Waals surface area contributed by atoms with E-state index in [1.165, 1.54) is 31.3 Å². The molecule has 2 aromatic carbocycles. The molecule has 0 unspecified atom stereocenters. The first-order valence-electron chi connectivity index (χ1n) is 13.0. The van der Waals surface area contributed by atoms with Crippen molar-refractivity contribution in [1.29, 1.82) is 0 Å². The van der Waals surface area contributed by atoms with Crippen molar-refractivity contribution >= 4 is 35.0 Å². The first-order chi connectivity index (χ1) is 17.8. The minimum atomic E-state index is -0.353. The number of imide groups is 1. The Bertz CT molecular complexity index is 1260. The van der Waals surface area contributed by atoms with Crippen molar-refractivity contribution in [3.63, 3.8) is 0 Å². The number of methoxy groups -OCH3 is 1. The normalized spacial score (nSPS) is 29.3. The Morgan fingerprint density at radius 3 is 2.27 bits per heavy atom. The molecule has 5 aliphatic rings. The maximum absolute atomic E-state index is 13.4. The van der Waals surface area contributed by atoms with Gasteiger partial charge in [0, 0.05) is 0 Å². The van der Waals surface area contributed by atoms with Gasteiger partial charge >= 0.3 is 5.97 Å². The van der Waals surface area contributed by atoms with E-state index in [1.54, 1.807) is 24.3 Å². The van der Waals surface area contributed by atoms with Crippen molar-refractivity contribution in [3.05, 3.63) is 64.1 Å². The van der Waals surface area contributed by atoms with E-state index in [9.17, 15) is 14.4 Å². The molecule has 7 heteroatoms. The summed E-state index contributed by atoms with van der Waals surface area (Å²) in [6, 6.07) is 13.0. The Balaban J connectivity index is 1.17. The highest BCUT2D eigenvalue weighted by atomic mass is 32.2. The van der Waals surface area contributed by atoms with Gasteiger partial charge in [0.05, 0.1) is 24.0 Å². The van der Waals surface area contributed by atoms with Gasteiger partial charge in [0.25, 0.3) is 11.1 Å². The maximum atomic E-state index is 13.4. The predicted molar refractivity (Wildman–Crippen MR) is 142 cm³/mol. The number of thioether (sulfide) groups is 1. The maximum Gasteiger partial charge on any atom is 0.317 e. The fraction of sp³-hybridized carbons (Fsp3) is 0.433. The lowest BCUT2D eigenvalue weighted by atomic mass is 9.49. The number of hydrogen-bond acceptors (Lipinski definition) is 6. The van der Waals surface area contributed by atoms with E-state index in [0.717, 1.165) is 42.2 Å². The summed E-state index contributed by atoms with van der Waals surface area (Å²) < 4.78 is 11.5. The molecule has 4 bridgehead atoms. The van der Waals surface area contributed by atoms with Crippen molar-refractivity contribution in [2.75, 3.05) is 7.11 Å². The monoisotopic (exact) mass is 517 g/mol. The molecule has 4 aliphatic carbocycles. The second-order valence-electron chi connectivity index (χ2n) is 11.3. The molecule has 0 atom stereocenters. The van der Waals surface area contributed by atoms with Gasteiger partial charge in [0.2, 0.25) is 0 Å². The lowest BCUT2D eigenvalue weighted by molar-refractivity contribution is -0.161. The van der Waals surface area contributed by atoms with Gasteiger partial charge in [-0.05, 0) is 104 Å². The molecule has 6 nitrogen and oxygen atoms in total. The molecule has 37 heavy (non-hydrogen) atoms. The minimum Gasteiger partial charge on any atom is -0.493 e. The van der Waals surface area contributed by atoms with Gasteiger partial charge < -0.3 is 9.47 Å². The summed E-state index contributed by atoms with van der Waals surface area (Å²) in [6.45, 7) is 2.24. The molecule has 0 radical (unpaired) electrons. The van der Waals surface area contributed by atoms with Gasteiger partial charge in [-0.3, -0.25) is 19.3 Å². The number of amides is 2. The van der Waals surface area contributed by atoms with Crippen LogP contribution in [0, 0.1) is 30.1 Å². The molecule has 0 spiro atoms. The van der Waals surface area contributed by atoms with Crippen molar-refractivity contribution in [2.45, 2.75) is 52.0 Å². The topological polar surface area (TPSA) is 72.9 Å². The average Bonchev–Trinajstić information content (AvgIpc) is 3.12. The molecule has 1 aliphatic heterocycles. The van der Waals surface area contributed by atoms with Crippen molar-refractivity contribution < 1.29 is 23.9 Å². The van der Waals surface area contributed by atoms with Gasteiger partial charge in [-0.2, -0.15) is 0 Å². The Morgan fingerprint density at radius 2 is 1.65 bits per heavy atom. The quantitative estimate of drug-likeness (QED) is 0.252. The van der Waals surface area contributed by atoms with Crippen LogP contribution in [0.25, 0.3) is 6.08 Å². The lowest BCUT2D eigenvalue weighted by Gasteiger charge is -2.55. The van der Waals surface area contributed by atoms with Gasteiger partial charge in [-0.15, -0.1) is 0 Å². The van der Waals surface area contributed by atoms with E-state index in [4.69, 9.17) is 9.47 Å². The van der Waals surface area contributed by atoms with Gasteiger partial charge in [-0.25, -0.2) is 0 Å². The third kappa shape index (κ3) is 4.58. The highest BCUT2D eigenvalue weighted by molar-refractivity contribution is 8.18. The Kier molecular flexibility index (Phi) is 6.14. The summed E-state index contributed by atoms with van der Waals surface area (Å²) in [5.74, 6) is 2.36. The Labute approximate surface area is 221 Å². The molecule has 5 fully saturated rings. The molecule has 7 rings (SSSR count). The third-order valence-electron chi connectivity index (χ3n) is 8.49. The zero-order valence-corrected chi connectivity index (χ0v) is 22.0. The fourth-order valence-electron chi connectivity index (χ4n) is 7.09. The fourth-order valence-corrected chi connectivity index (χ4v) is 7.93. The molecule has 192 valence electrons. The van der Waals surface area contributed by atoms with E-state index in [0.29, 0.717) is 39.7 Å². The molecule has 1 heterocycles. The van der Waals surface area contributed by atoms with Crippen molar-refractivity contribution in [1.82, 2.24) is 4.90 Å². The van der Waals surface area contributed by atoms with Crippen molar-refractivity contribution in [2.24, 2.45) is 23.2 Å². The molecule has 2 aromatic rings. The predicted octanol–water partition coefficient (Wildman–Crippen LogP) is 6.36. The highest BCUT2D eigenvalue weighted by Gasteiger charge is 2.55. The number of esters is 1. The largest absolute Gasteiger partial charge is 0.493 e. The number of ether oxygens (including phenoxy) is 2. The standard InChI is InChI=1S/C30H31NO5S/c1-18-3-5-19(6-4-18)17-31-27(32)26(37-29(31)34)13-20-7-8-24(25(12-20)35-2)36-28(33)30-14-21-9-22(15-30)11-23(10-21)16-30/h3-8,12-13,21-23H,9-11,14-17H2,1-2H3/b26-13-. The summed E-state index contributed by atoms with van der Waals surface area (Å²) in [4.78, 5) is 40.6. The summed E-state index contributed by atoms with van der Waals surface area (Å²) in [5.41, 5.74) is 2.38. The molecule has 2 amide bonds. The number of rotatable bonds is 6. The summed E-state index contributed by atoms with van der Waals surface area (Å²) in [5, 5.41) is -0.287. The highest BCUT2D eigenvalue weighted by Crippen LogP contribution is 2.60. The summed E-state index contributed by atoms with van der Waals surface area (Å²) in [7, 11) is 1.54. The molecular formula is C30H31NO5S. The first kappa shape index (κ1) is 24.3. The van der Waals surface area contributed by atoms with Gasteiger partial charge in [0.15, 0.2) is 11.5 Å². The molecule has 0 N–H and O–H groups in total.